The van der Waals surface area contributed by atoms with Crippen LogP contribution in [0.25, 0.3) is 0 Å². The smallest absolute Gasteiger partial charge is 0.334 e. The first kappa shape index (κ1) is 15.3. The zero-order valence-corrected chi connectivity index (χ0v) is 13.3. The van der Waals surface area contributed by atoms with Gasteiger partial charge in [-0.1, -0.05) is 12.2 Å². The van der Waals surface area contributed by atoms with Crippen molar-refractivity contribution in [2.45, 2.75) is 63.9 Å². The van der Waals surface area contributed by atoms with E-state index in [0.29, 0.717) is 18.4 Å². The Labute approximate surface area is 130 Å². The monoisotopic (exact) mass is 306 g/mol. The fourth-order valence-corrected chi connectivity index (χ4v) is 3.60. The number of hydrogen-bond acceptors (Lipinski definition) is 5. The van der Waals surface area contributed by atoms with Crippen LogP contribution in [0.4, 0.5) is 0 Å². The van der Waals surface area contributed by atoms with Gasteiger partial charge in [0.1, 0.15) is 12.2 Å². The Hall–Kier alpha value is -1.62. The van der Waals surface area contributed by atoms with Gasteiger partial charge in [0.2, 0.25) is 0 Å². The van der Waals surface area contributed by atoms with Gasteiger partial charge in [-0.15, -0.1) is 0 Å². The topological polar surface area (TPSA) is 65.1 Å². The van der Waals surface area contributed by atoms with Crippen molar-refractivity contribution in [3.63, 3.8) is 0 Å². The van der Waals surface area contributed by atoms with Crippen molar-refractivity contribution in [3.05, 3.63) is 23.8 Å². The average molecular weight is 306 g/mol. The van der Waals surface area contributed by atoms with Crippen molar-refractivity contribution < 1.29 is 23.8 Å². The molecule has 0 unspecified atom stereocenters. The second-order valence-electron chi connectivity index (χ2n) is 6.80. The molecule has 5 atom stereocenters. The van der Waals surface area contributed by atoms with E-state index in [-0.39, 0.29) is 41.8 Å². The molecule has 0 aromatic rings. The number of carbonyl (C=O) groups excluding carboxylic acids is 2. The van der Waals surface area contributed by atoms with E-state index < -0.39 is 0 Å². The molecule has 5 nitrogen and oxygen atoms in total. The predicted molar refractivity (Wildman–Crippen MR) is 79.0 cm³/mol. The molecule has 2 heterocycles. The summed E-state index contributed by atoms with van der Waals surface area (Å²) in [5.41, 5.74) is 1.28. The molecule has 3 aliphatic rings. The Morgan fingerprint density at radius 2 is 2.23 bits per heavy atom. The fraction of sp³-hybridized carbons (Fsp3) is 0.647. The van der Waals surface area contributed by atoms with E-state index in [2.05, 4.69) is 6.58 Å². The molecule has 5 heteroatoms. The van der Waals surface area contributed by atoms with Crippen LogP contribution in [0.5, 0.6) is 0 Å². The quantitative estimate of drug-likeness (QED) is 0.322. The summed E-state index contributed by atoms with van der Waals surface area (Å²) < 4.78 is 16.7. The van der Waals surface area contributed by atoms with Gasteiger partial charge >= 0.3 is 11.9 Å². The molecule has 2 fully saturated rings. The predicted octanol–water partition coefficient (Wildman–Crippen LogP) is 2.30. The summed E-state index contributed by atoms with van der Waals surface area (Å²) in [6.07, 6.45) is 3.50. The highest BCUT2D eigenvalue weighted by atomic mass is 16.6. The third-order valence-corrected chi connectivity index (χ3v) is 4.84. The summed E-state index contributed by atoms with van der Waals surface area (Å²) in [5.74, 6) is -0.598. The van der Waals surface area contributed by atoms with Crippen LogP contribution in [-0.2, 0) is 23.8 Å². The number of epoxide rings is 1. The Morgan fingerprint density at radius 1 is 1.50 bits per heavy atom. The average Bonchev–Trinajstić information content (AvgIpc) is 2.94. The Bertz CT molecular complexity index is 563. The molecule has 0 aromatic heterocycles. The van der Waals surface area contributed by atoms with E-state index in [4.69, 9.17) is 14.2 Å². The lowest BCUT2D eigenvalue weighted by Crippen LogP contribution is -2.27. The molecule has 1 aliphatic carbocycles. The summed E-state index contributed by atoms with van der Waals surface area (Å²) in [7, 11) is 0. The molecular formula is C17H22O5. The minimum Gasteiger partial charge on any atom is -0.458 e. The number of esters is 2. The maximum Gasteiger partial charge on any atom is 0.334 e. The minimum atomic E-state index is -0.315. The molecule has 120 valence electrons. The summed E-state index contributed by atoms with van der Waals surface area (Å²) in [6, 6.07) is 0. The van der Waals surface area contributed by atoms with Gasteiger partial charge in [0, 0.05) is 31.3 Å². The van der Waals surface area contributed by atoms with Gasteiger partial charge in [0.25, 0.3) is 0 Å². The van der Waals surface area contributed by atoms with Crippen LogP contribution in [0.1, 0.15) is 40.0 Å². The molecule has 3 rings (SSSR count). The third kappa shape index (κ3) is 2.82. The zero-order chi connectivity index (χ0) is 16.1. The first-order chi connectivity index (χ1) is 10.3. The lowest BCUT2D eigenvalue weighted by Gasteiger charge is -2.22. The molecule has 0 radical (unpaired) electrons. The molecule has 0 N–H and O–H groups in total. The van der Waals surface area contributed by atoms with E-state index in [1.165, 1.54) is 6.92 Å². The highest BCUT2D eigenvalue weighted by Crippen LogP contribution is 2.48. The molecule has 0 amide bonds. The van der Waals surface area contributed by atoms with Crippen LogP contribution in [0.2, 0.25) is 0 Å². The SMILES string of the molecule is C=C1C(=O)O[C@H]2C/C(C)=C/[C@H](OC(C)=O)C[C@@]3(C)O[C@H]3C[C@H]12. The van der Waals surface area contributed by atoms with Crippen LogP contribution in [0, 0.1) is 5.92 Å². The summed E-state index contributed by atoms with van der Waals surface area (Å²) in [4.78, 5) is 23.1. The van der Waals surface area contributed by atoms with E-state index >= 15 is 0 Å². The van der Waals surface area contributed by atoms with Crippen molar-refractivity contribution in [2.24, 2.45) is 5.92 Å². The lowest BCUT2D eigenvalue weighted by atomic mass is 9.84. The number of rotatable bonds is 1. The maximum absolute atomic E-state index is 11.8. The molecule has 2 aliphatic heterocycles. The Morgan fingerprint density at radius 3 is 2.91 bits per heavy atom. The first-order valence-electron chi connectivity index (χ1n) is 7.70. The molecular weight excluding hydrogens is 284 g/mol. The minimum absolute atomic E-state index is 0.00736. The second kappa shape index (κ2) is 5.23. The number of hydrogen-bond donors (Lipinski definition) is 0. The Kier molecular flexibility index (Phi) is 3.63. The molecule has 0 aromatic carbocycles. The third-order valence-electron chi connectivity index (χ3n) is 4.84. The van der Waals surface area contributed by atoms with Gasteiger partial charge in [0.15, 0.2) is 0 Å². The van der Waals surface area contributed by atoms with Crippen LogP contribution < -0.4 is 0 Å². The van der Waals surface area contributed by atoms with Crippen LogP contribution in [-0.4, -0.2) is 35.9 Å². The largest absolute Gasteiger partial charge is 0.458 e. The van der Waals surface area contributed by atoms with Gasteiger partial charge in [-0.25, -0.2) is 4.79 Å². The van der Waals surface area contributed by atoms with Crippen molar-refractivity contribution in [3.8, 4) is 0 Å². The van der Waals surface area contributed by atoms with Crippen LogP contribution in [0.15, 0.2) is 23.8 Å². The highest BCUT2D eigenvalue weighted by molar-refractivity contribution is 5.90. The molecule has 2 saturated heterocycles. The summed E-state index contributed by atoms with van der Waals surface area (Å²) in [5, 5.41) is 0. The summed E-state index contributed by atoms with van der Waals surface area (Å²) >= 11 is 0. The maximum atomic E-state index is 11.8. The van der Waals surface area contributed by atoms with E-state index in [9.17, 15) is 9.59 Å². The van der Waals surface area contributed by atoms with Crippen molar-refractivity contribution >= 4 is 11.9 Å². The lowest BCUT2D eigenvalue weighted by molar-refractivity contribution is -0.144. The molecule has 0 bridgehead atoms. The van der Waals surface area contributed by atoms with E-state index in [0.717, 1.165) is 12.0 Å². The van der Waals surface area contributed by atoms with E-state index in [1.807, 2.05) is 19.9 Å². The van der Waals surface area contributed by atoms with E-state index in [1.54, 1.807) is 0 Å². The number of ether oxygens (including phenoxy) is 3. The standard InChI is InChI=1S/C17H22O5/c1-9-5-12(20-11(3)18)8-17(4)15(22-17)7-13-10(2)16(19)21-14(13)6-9/h5,12-15H,2,6-8H2,1,3-4H3/b9-5+/t12-,13+,14-,15-,17+/m0/s1. The molecule has 0 saturated carbocycles. The van der Waals surface area contributed by atoms with Gasteiger partial charge in [-0.3, -0.25) is 4.79 Å². The van der Waals surface area contributed by atoms with Gasteiger partial charge < -0.3 is 14.2 Å². The number of fused-ring (bicyclic) bond motifs is 2. The van der Waals surface area contributed by atoms with Crippen molar-refractivity contribution in [1.82, 2.24) is 0 Å². The van der Waals surface area contributed by atoms with Gasteiger partial charge in [-0.05, 0) is 26.3 Å². The molecule has 0 spiro atoms. The van der Waals surface area contributed by atoms with Gasteiger partial charge in [0.05, 0.1) is 11.7 Å². The fourth-order valence-electron chi connectivity index (χ4n) is 3.60. The normalized spacial score (nSPS) is 43.3. The van der Waals surface area contributed by atoms with Crippen LogP contribution in [0.3, 0.4) is 0 Å². The second-order valence-corrected chi connectivity index (χ2v) is 6.80. The van der Waals surface area contributed by atoms with Crippen molar-refractivity contribution in [1.29, 1.82) is 0 Å². The van der Waals surface area contributed by atoms with Crippen molar-refractivity contribution in [2.75, 3.05) is 0 Å². The number of carbonyl (C=O) groups is 2. The summed E-state index contributed by atoms with van der Waals surface area (Å²) in [6.45, 7) is 9.29. The van der Waals surface area contributed by atoms with Crippen LogP contribution >= 0.6 is 0 Å². The molecule has 22 heavy (non-hydrogen) atoms. The Balaban J connectivity index is 1.86. The highest BCUT2D eigenvalue weighted by Gasteiger charge is 2.56. The van der Waals surface area contributed by atoms with Gasteiger partial charge in [-0.2, -0.15) is 0 Å². The first-order valence-corrected chi connectivity index (χ1v) is 7.70. The zero-order valence-electron chi connectivity index (χ0n) is 13.3.